The zero-order valence-corrected chi connectivity index (χ0v) is 78.5. The highest BCUT2D eigenvalue weighted by atomic mass is 32.2. The average Bonchev–Trinajstić information content (AvgIpc) is 1.65. The van der Waals surface area contributed by atoms with E-state index in [-0.39, 0.29) is 73.6 Å². The summed E-state index contributed by atoms with van der Waals surface area (Å²) in [5.74, 6) is -2.56. The van der Waals surface area contributed by atoms with E-state index in [0.29, 0.717) is 132 Å². The molecule has 2 unspecified atom stereocenters. The number of thiazole rings is 2. The van der Waals surface area contributed by atoms with Gasteiger partial charge in [-0.15, -0.1) is 22.7 Å². The van der Waals surface area contributed by atoms with Crippen molar-refractivity contribution in [2.24, 2.45) is 22.7 Å². The molecule has 129 heavy (non-hydrogen) atoms. The van der Waals surface area contributed by atoms with Gasteiger partial charge < -0.3 is 86.4 Å². The second kappa shape index (κ2) is 40.7. The zero-order valence-electron chi connectivity index (χ0n) is 76.1. The first kappa shape index (κ1) is 95.9. The number of urea groups is 2. The van der Waals surface area contributed by atoms with Crippen molar-refractivity contribution in [1.82, 2.24) is 70.8 Å². The summed E-state index contributed by atoms with van der Waals surface area (Å²) in [6.07, 6.45) is 10.6. The minimum absolute atomic E-state index is 0.0103. The van der Waals surface area contributed by atoms with Crippen molar-refractivity contribution >= 4 is 118 Å². The summed E-state index contributed by atoms with van der Waals surface area (Å²) in [5, 5.41) is 51.8. The number of ether oxygens (including phenoxy) is 4. The number of carboxylic acid groups (broad SMARTS) is 2. The van der Waals surface area contributed by atoms with E-state index in [0.717, 1.165) is 68.1 Å². The van der Waals surface area contributed by atoms with Crippen LogP contribution in [0.2, 0.25) is 0 Å². The molecule has 5 aliphatic heterocycles. The number of amides is 9. The first-order valence-electron chi connectivity index (χ1n) is 45.2. The number of anilines is 2. The third-order valence-electron chi connectivity index (χ3n) is 25.7. The number of likely N-dealkylation sites (N-methyl/N-ethyl adjacent to an activating group) is 1. The lowest BCUT2D eigenvalue weighted by atomic mass is 9.86. The first-order chi connectivity index (χ1) is 61.3. The summed E-state index contributed by atoms with van der Waals surface area (Å²) < 4.78 is 52.8. The molecule has 0 radical (unpaired) electrons. The number of methoxy groups -OCH3 is 2. The van der Waals surface area contributed by atoms with Crippen molar-refractivity contribution in [2.45, 2.75) is 274 Å². The van der Waals surface area contributed by atoms with Crippen LogP contribution in [0.4, 0.5) is 19.9 Å². The Morgan fingerprint density at radius 1 is 0.566 bits per heavy atom. The molecule has 36 heteroatoms. The molecule has 2 aliphatic carbocycles. The van der Waals surface area contributed by atoms with E-state index in [2.05, 4.69) is 42.5 Å². The van der Waals surface area contributed by atoms with Gasteiger partial charge >= 0.3 is 24.0 Å². The molecule has 5 saturated heterocycles. The van der Waals surface area contributed by atoms with E-state index in [9.17, 15) is 57.0 Å². The molecule has 33 nitrogen and oxygen atoms in total. The van der Waals surface area contributed by atoms with Crippen LogP contribution in [0, 0.1) is 22.7 Å². The number of aliphatic carboxylic acids is 2. The van der Waals surface area contributed by atoms with E-state index in [1.807, 2.05) is 110 Å². The molecule has 4 aromatic heterocycles. The third-order valence-corrected chi connectivity index (χ3v) is 29.1. The topological polar surface area (TPSA) is 426 Å². The Labute approximate surface area is 762 Å². The Hall–Kier alpha value is -10.7. The van der Waals surface area contributed by atoms with Gasteiger partial charge in [-0.3, -0.25) is 24.0 Å². The number of fused-ring (bicyclic) bond motifs is 6. The monoisotopic (exact) mass is 1830 g/mol. The Morgan fingerprint density at radius 3 is 1.40 bits per heavy atom. The minimum atomic E-state index is -3.89. The van der Waals surface area contributed by atoms with Gasteiger partial charge in [0.2, 0.25) is 39.6 Å². The molecule has 3 aromatic carbocycles. The molecule has 7 fully saturated rings. The predicted molar refractivity (Wildman–Crippen MR) is 493 cm³/mol. The van der Waals surface area contributed by atoms with Crippen LogP contribution in [0.3, 0.4) is 0 Å². The molecule has 698 valence electrons. The van der Waals surface area contributed by atoms with E-state index < -0.39 is 128 Å². The maximum atomic E-state index is 15.0. The van der Waals surface area contributed by atoms with Gasteiger partial charge in [0.15, 0.2) is 10.3 Å². The first-order valence-corrected chi connectivity index (χ1v) is 48.4. The molecule has 12 atom stereocenters. The van der Waals surface area contributed by atoms with Crippen LogP contribution in [0.1, 0.15) is 198 Å². The van der Waals surface area contributed by atoms with Gasteiger partial charge in [0.25, 0.3) is 0 Å². The largest absolute Gasteiger partial charge is 0.497 e. The Morgan fingerprint density at radius 2 is 0.992 bits per heavy atom. The Kier molecular flexibility index (Phi) is 30.3. The zero-order chi connectivity index (χ0) is 92.6. The lowest BCUT2D eigenvalue weighted by Crippen LogP contribution is -2.59. The number of benzene rings is 3. The number of likely N-dealkylation sites (tertiary alicyclic amines) is 1. The fourth-order valence-electron chi connectivity index (χ4n) is 18.0. The number of carboxylic acids is 2. The highest BCUT2D eigenvalue weighted by Gasteiger charge is 2.63. The molecule has 0 bridgehead atoms. The third kappa shape index (κ3) is 23.2. The van der Waals surface area contributed by atoms with Crippen molar-refractivity contribution in [3.8, 4) is 45.8 Å². The molecule has 7 aliphatic rings. The fourth-order valence-corrected chi connectivity index (χ4v) is 20.9. The second-order valence-electron chi connectivity index (χ2n) is 38.2. The quantitative estimate of drug-likeness (QED) is 0.0269. The highest BCUT2D eigenvalue weighted by Crippen LogP contribution is 2.50. The predicted octanol–water partition coefficient (Wildman–Crippen LogP) is 12.6. The van der Waals surface area contributed by atoms with E-state index >= 15 is 4.79 Å². The maximum Gasteiger partial charge on any atom is 0.329 e. The SMILES string of the molecule is COc1ccc2c(O[C@@H]3C[C@H]4C(=O)N[C@]5(C(=O)O)CC5CCCCCCC[C@H](NC(=O)N[C@H](CN(C)S(=O)(=O)c5ccccc5)C(C)(C)C)C(=O)N4C3)cc(-c3csc(NC(C)C)n3)nc2c1.COc1ccc2c(O[C@@H]3C[C@H]4C(=O)N[C@]5(C(=O)O)CC5CCCCCCC[C@H](NC(=O)N[C@H](CN5CCCC5=O)C(C)(C)C)C(=O)N4C3)cc(-c3csc(NC(C)C)n3)nc2c1. The summed E-state index contributed by atoms with van der Waals surface area (Å²) >= 11 is 2.91. The van der Waals surface area contributed by atoms with Gasteiger partial charge in [-0.05, 0) is 132 Å². The van der Waals surface area contributed by atoms with Crippen molar-refractivity contribution in [1.29, 1.82) is 0 Å². The maximum absolute atomic E-state index is 15.0. The van der Waals surface area contributed by atoms with Gasteiger partial charge in [-0.25, -0.2) is 47.5 Å². The number of aromatic nitrogens is 4. The lowest BCUT2D eigenvalue weighted by Gasteiger charge is -2.35. The van der Waals surface area contributed by atoms with E-state index in [4.69, 9.17) is 38.9 Å². The molecule has 7 aromatic rings. The van der Waals surface area contributed by atoms with Crippen LogP contribution >= 0.6 is 22.7 Å². The van der Waals surface area contributed by atoms with Crippen molar-refractivity contribution in [2.75, 3.05) is 64.6 Å². The van der Waals surface area contributed by atoms with Crippen molar-refractivity contribution in [3.05, 3.63) is 89.6 Å². The van der Waals surface area contributed by atoms with Gasteiger partial charge in [-0.2, -0.15) is 4.31 Å². The molecule has 10 N–H and O–H groups in total. The number of carbonyl (C=O) groups excluding carboxylic acids is 7. The van der Waals surface area contributed by atoms with Crippen LogP contribution in [0.15, 0.2) is 94.5 Å². The number of nitrogens with one attached hydrogen (secondary N) is 8. The summed E-state index contributed by atoms with van der Waals surface area (Å²) in [6, 6.07) is 16.4. The van der Waals surface area contributed by atoms with E-state index in [1.54, 1.807) is 55.5 Å². The molecule has 9 amide bonds. The number of carbonyl (C=O) groups is 9. The smallest absolute Gasteiger partial charge is 0.329 e. The number of pyridine rings is 2. The Balaban J connectivity index is 0.000000221. The van der Waals surface area contributed by atoms with Gasteiger partial charge in [0.1, 0.15) is 81.8 Å². The normalized spacial score (nSPS) is 24.3. The molecule has 9 heterocycles. The van der Waals surface area contributed by atoms with Gasteiger partial charge in [-0.1, -0.05) is 124 Å². The number of sulfonamides is 1. The van der Waals surface area contributed by atoms with Crippen LogP contribution < -0.4 is 61.5 Å². The fraction of sp³-hybridized carbons (Fsp3) is 0.581. The summed E-state index contributed by atoms with van der Waals surface area (Å²) in [4.78, 5) is 149. The second-order valence-corrected chi connectivity index (χ2v) is 41.9. The average molecular weight is 1840 g/mol. The number of nitrogens with zero attached hydrogens (tertiary/aromatic N) is 8. The van der Waals surface area contributed by atoms with Gasteiger partial charge in [0, 0.05) is 110 Å². The molecule has 0 spiro atoms. The number of rotatable bonds is 24. The standard InChI is InChI=1S/C48H64N8O9S2.C45H62N8O8S/c1-29(2)49-46-52-38(28-66-46)37-24-40(34-21-20-31(64-7)22-36(34)50-37)65-32-23-39-42(57)54-48(44(59)60)25-30(48)16-12-9-8-10-15-19-35(43(58)56(39)26-32)51-45(61)53-41(47(3,4)5)27-55(6)67(62,63)33-17-13-11-14-18-33;1-26(2)46-43-49-34(25-62-43)33-21-36(30-17-16-28(60-6)19-32(30)47-33)61-29-20-35-39(55)51-45(41(57)58)22-27(45)13-10-8-7-9-11-14-31(40(56)53(35)23-29)48-42(59)50-37(44(3,4)5)24-52-18-12-15-38(52)54/h11,13-14,17-18,20-22,24,28-30,32,35,39,41H,8-10,12,15-16,19,23,25-27H2,1-7H3,(H,49,52)(H,54,57)(H,59,60)(H2,51,53,61);16-17,19,21,25-27,29,31,35,37H,7-15,18,20,22-24H2,1-6H3,(H,46,49)(H,51,55)(H,57,58)(H2,48,50,59)/t30?,32-,35+,39+,41-,48-;27?,29-,31+,35+,37-,45-/m11/s1. The molecular formula is C93H126N16O17S3. The van der Waals surface area contributed by atoms with E-state index in [1.165, 1.54) is 56.0 Å². The number of hydrogen-bond acceptors (Lipinski definition) is 23. The summed E-state index contributed by atoms with van der Waals surface area (Å²) in [5.41, 5.74) is -0.275. The van der Waals surface area contributed by atoms with Gasteiger partial charge in [0.05, 0.1) is 60.7 Å². The summed E-state index contributed by atoms with van der Waals surface area (Å²) in [7, 11) is 0.728. The van der Waals surface area contributed by atoms with Crippen LogP contribution in [-0.4, -0.2) is 237 Å². The lowest BCUT2D eigenvalue weighted by molar-refractivity contribution is -0.146. The highest BCUT2D eigenvalue weighted by molar-refractivity contribution is 7.89. The van der Waals surface area contributed by atoms with Crippen molar-refractivity contribution in [3.63, 3.8) is 0 Å². The molecule has 2 saturated carbocycles. The van der Waals surface area contributed by atoms with Crippen LogP contribution in [0.5, 0.6) is 23.0 Å². The minimum Gasteiger partial charge on any atom is -0.497 e. The molecule has 14 rings (SSSR count). The summed E-state index contributed by atoms with van der Waals surface area (Å²) in [6.45, 7) is 20.7. The van der Waals surface area contributed by atoms with Crippen LogP contribution in [0.25, 0.3) is 44.6 Å². The number of hydrogen-bond donors (Lipinski definition) is 10. The Bertz CT molecular complexity index is 5350. The van der Waals surface area contributed by atoms with Crippen molar-refractivity contribution < 1.29 is 80.7 Å². The molecular weight excluding hydrogens is 1710 g/mol. The van der Waals surface area contributed by atoms with Crippen LogP contribution in [-0.2, 0) is 43.6 Å².